The summed E-state index contributed by atoms with van der Waals surface area (Å²) in [7, 11) is 0. The lowest BCUT2D eigenvalue weighted by Gasteiger charge is -1.93. The molecule has 5 heteroatoms. The highest BCUT2D eigenvalue weighted by Crippen LogP contribution is 2.08. The summed E-state index contributed by atoms with van der Waals surface area (Å²) in [4.78, 5) is 13.4. The molecular weight excluding hydrogens is 154 g/mol. The summed E-state index contributed by atoms with van der Waals surface area (Å²) in [6.45, 7) is 0. The summed E-state index contributed by atoms with van der Waals surface area (Å²) in [5.74, 6) is 0.388. The maximum Gasteiger partial charge on any atom is 0.148 e. The minimum absolute atomic E-state index is 0.388. The number of hydrogen-bond donors (Lipinski definition) is 1. The van der Waals surface area contributed by atoms with Crippen molar-refractivity contribution < 1.29 is 0 Å². The van der Waals surface area contributed by atoms with Crippen LogP contribution in [0.15, 0.2) is 23.6 Å². The normalized spacial score (nSPS) is 8.90. The zero-order chi connectivity index (χ0) is 7.40. The lowest BCUT2D eigenvalue weighted by atomic mass is 10.5. The zero-order valence-electron chi connectivity index (χ0n) is 4.91. The van der Waals surface area contributed by atoms with Crippen LogP contribution in [0, 0.1) is 4.91 Å². The lowest BCUT2D eigenvalue weighted by molar-refractivity contribution is 1.21. The average Bonchev–Trinajstić information content (AvgIpc) is 1.95. The van der Waals surface area contributed by atoms with Crippen molar-refractivity contribution in [3.05, 3.63) is 28.3 Å². The highest BCUT2D eigenvalue weighted by atomic mass is 35.5. The molecule has 4 nitrogen and oxygen atoms in total. The van der Waals surface area contributed by atoms with Gasteiger partial charge in [-0.1, -0.05) is 11.6 Å². The van der Waals surface area contributed by atoms with Crippen molar-refractivity contribution in [2.45, 2.75) is 0 Å². The molecule has 0 fully saturated rings. The summed E-state index contributed by atoms with van der Waals surface area (Å²) in [5.41, 5.74) is 2.13. The number of hydrogen-bond acceptors (Lipinski definition) is 3. The van der Waals surface area contributed by atoms with Crippen molar-refractivity contribution in [2.75, 3.05) is 5.43 Å². The van der Waals surface area contributed by atoms with E-state index in [-0.39, 0.29) is 0 Å². The van der Waals surface area contributed by atoms with Crippen LogP contribution >= 0.6 is 11.6 Å². The molecular formula is C5H4ClN3O. The Morgan fingerprint density at radius 2 is 2.40 bits per heavy atom. The molecule has 10 heavy (non-hydrogen) atoms. The molecule has 0 aliphatic carbocycles. The minimum atomic E-state index is 0.388. The molecule has 0 aliphatic rings. The first-order valence-electron chi connectivity index (χ1n) is 2.53. The number of nitrogens with one attached hydrogen (secondary N) is 1. The van der Waals surface area contributed by atoms with E-state index < -0.39 is 0 Å². The van der Waals surface area contributed by atoms with Crippen LogP contribution in [0.4, 0.5) is 5.82 Å². The highest BCUT2D eigenvalue weighted by molar-refractivity contribution is 6.30. The number of nitroso groups, excluding NO2 is 1. The highest BCUT2D eigenvalue weighted by Gasteiger charge is 1.90. The topological polar surface area (TPSA) is 54.4 Å². The van der Waals surface area contributed by atoms with Gasteiger partial charge in [0.25, 0.3) is 0 Å². The second kappa shape index (κ2) is 3.12. The number of rotatable bonds is 2. The van der Waals surface area contributed by atoms with E-state index in [4.69, 9.17) is 11.6 Å². The molecule has 0 aromatic carbocycles. The van der Waals surface area contributed by atoms with Gasteiger partial charge in [0.1, 0.15) is 5.82 Å². The van der Waals surface area contributed by atoms with Gasteiger partial charge in [-0.3, -0.25) is 0 Å². The van der Waals surface area contributed by atoms with Crippen molar-refractivity contribution in [1.29, 1.82) is 0 Å². The largest absolute Gasteiger partial charge is 0.236 e. The Labute approximate surface area is 62.2 Å². The fourth-order valence-electron chi connectivity index (χ4n) is 0.489. The first kappa shape index (κ1) is 6.95. The van der Waals surface area contributed by atoms with Crippen LogP contribution in [-0.4, -0.2) is 4.98 Å². The predicted molar refractivity (Wildman–Crippen MR) is 38.7 cm³/mol. The Morgan fingerprint density at radius 3 is 2.90 bits per heavy atom. The van der Waals surface area contributed by atoms with Gasteiger partial charge in [0, 0.05) is 6.20 Å². The van der Waals surface area contributed by atoms with Crippen LogP contribution in [0.2, 0.25) is 5.02 Å². The maximum absolute atomic E-state index is 9.63. The third-order valence-electron chi connectivity index (χ3n) is 0.888. The first-order valence-corrected chi connectivity index (χ1v) is 2.90. The summed E-state index contributed by atoms with van der Waals surface area (Å²) >= 11 is 5.51. The van der Waals surface area contributed by atoms with Gasteiger partial charge in [0.05, 0.1) is 10.3 Å². The Balaban J connectivity index is 2.78. The van der Waals surface area contributed by atoms with Crippen LogP contribution in [0.25, 0.3) is 0 Å². The molecule has 1 aromatic rings. The van der Waals surface area contributed by atoms with Crippen molar-refractivity contribution >= 4 is 17.4 Å². The van der Waals surface area contributed by atoms with Crippen molar-refractivity contribution in [3.63, 3.8) is 0 Å². The van der Waals surface area contributed by atoms with E-state index in [1.807, 2.05) is 0 Å². The van der Waals surface area contributed by atoms with Crippen molar-refractivity contribution in [1.82, 2.24) is 4.98 Å². The fraction of sp³-hybridized carbons (Fsp3) is 0. The predicted octanol–water partition coefficient (Wildman–Crippen LogP) is 1.83. The van der Waals surface area contributed by atoms with Crippen LogP contribution in [0.3, 0.4) is 0 Å². The SMILES string of the molecule is O=NNc1ccc(Cl)cn1. The van der Waals surface area contributed by atoms with E-state index in [1.165, 1.54) is 6.20 Å². The van der Waals surface area contributed by atoms with E-state index in [0.717, 1.165) is 0 Å². The Morgan fingerprint density at radius 1 is 1.60 bits per heavy atom. The first-order chi connectivity index (χ1) is 4.83. The second-order valence-corrected chi connectivity index (χ2v) is 2.00. The minimum Gasteiger partial charge on any atom is -0.236 e. The van der Waals surface area contributed by atoms with E-state index in [0.29, 0.717) is 10.8 Å². The van der Waals surface area contributed by atoms with Gasteiger partial charge in [0.15, 0.2) is 0 Å². The third-order valence-corrected chi connectivity index (χ3v) is 1.11. The Kier molecular flexibility index (Phi) is 2.17. The molecule has 0 amide bonds. The molecule has 0 aliphatic heterocycles. The van der Waals surface area contributed by atoms with E-state index in [2.05, 4.69) is 15.7 Å². The van der Waals surface area contributed by atoms with Gasteiger partial charge in [-0.05, 0) is 12.1 Å². The molecule has 52 valence electrons. The molecule has 0 atom stereocenters. The van der Waals surface area contributed by atoms with Gasteiger partial charge < -0.3 is 0 Å². The number of aromatic nitrogens is 1. The lowest BCUT2D eigenvalue weighted by Crippen LogP contribution is -1.87. The molecule has 1 heterocycles. The molecule has 0 saturated carbocycles. The molecule has 0 unspecified atom stereocenters. The van der Waals surface area contributed by atoms with E-state index in [1.54, 1.807) is 12.1 Å². The van der Waals surface area contributed by atoms with Crippen molar-refractivity contribution in [3.8, 4) is 0 Å². The van der Waals surface area contributed by atoms with Gasteiger partial charge in [0.2, 0.25) is 0 Å². The van der Waals surface area contributed by atoms with Gasteiger partial charge in [-0.2, -0.15) is 0 Å². The smallest absolute Gasteiger partial charge is 0.148 e. The molecule has 1 N–H and O–H groups in total. The number of nitrogens with zero attached hydrogens (tertiary/aromatic N) is 2. The number of anilines is 1. The van der Waals surface area contributed by atoms with Gasteiger partial charge in [-0.15, -0.1) is 4.91 Å². The van der Waals surface area contributed by atoms with Gasteiger partial charge in [-0.25, -0.2) is 10.4 Å². The molecule has 0 radical (unpaired) electrons. The second-order valence-electron chi connectivity index (χ2n) is 1.56. The van der Waals surface area contributed by atoms with Crippen LogP contribution in [-0.2, 0) is 0 Å². The fourth-order valence-corrected chi connectivity index (χ4v) is 0.601. The Bertz CT molecular complexity index is 223. The zero-order valence-corrected chi connectivity index (χ0v) is 5.67. The third kappa shape index (κ3) is 1.66. The summed E-state index contributed by atoms with van der Waals surface area (Å²) < 4.78 is 0. The maximum atomic E-state index is 9.63. The number of halogens is 1. The summed E-state index contributed by atoms with van der Waals surface area (Å²) in [6.07, 6.45) is 1.43. The van der Waals surface area contributed by atoms with Crippen molar-refractivity contribution in [2.24, 2.45) is 5.29 Å². The van der Waals surface area contributed by atoms with Crippen LogP contribution < -0.4 is 5.43 Å². The molecule has 1 aromatic heterocycles. The molecule has 1 rings (SSSR count). The van der Waals surface area contributed by atoms with E-state index >= 15 is 0 Å². The molecule has 0 saturated heterocycles. The monoisotopic (exact) mass is 157 g/mol. The quantitative estimate of drug-likeness (QED) is 0.526. The summed E-state index contributed by atoms with van der Waals surface area (Å²) in [6, 6.07) is 3.17. The molecule has 0 bridgehead atoms. The van der Waals surface area contributed by atoms with Crippen LogP contribution in [0.5, 0.6) is 0 Å². The van der Waals surface area contributed by atoms with Crippen LogP contribution in [0.1, 0.15) is 0 Å². The average molecular weight is 158 g/mol. The summed E-state index contributed by atoms with van der Waals surface area (Å²) in [5, 5.41) is 2.95. The standard InChI is InChI=1S/C5H4ClN3O/c6-4-1-2-5(7-3-4)8-9-10/h1-3H,(H,7,8,10). The molecule has 0 spiro atoms. The van der Waals surface area contributed by atoms with E-state index in [9.17, 15) is 4.91 Å². The number of pyridine rings is 1. The van der Waals surface area contributed by atoms with Gasteiger partial charge >= 0.3 is 0 Å². The Hall–Kier alpha value is -1.16.